The van der Waals surface area contributed by atoms with Crippen LogP contribution in [0.15, 0.2) is 45.7 Å². The Morgan fingerprint density at radius 2 is 2.00 bits per heavy atom. The van der Waals surface area contributed by atoms with Crippen molar-refractivity contribution >= 4 is 38.8 Å². The molecule has 0 amide bonds. The van der Waals surface area contributed by atoms with Gasteiger partial charge in [0.25, 0.3) is 0 Å². The van der Waals surface area contributed by atoms with E-state index in [4.69, 9.17) is 4.42 Å². The van der Waals surface area contributed by atoms with Crippen molar-refractivity contribution in [3.63, 3.8) is 0 Å². The molecule has 0 aliphatic heterocycles. The molecule has 26 heavy (non-hydrogen) atoms. The second kappa shape index (κ2) is 8.80. The van der Waals surface area contributed by atoms with Gasteiger partial charge >= 0.3 is 5.97 Å². The minimum atomic E-state index is -0.161. The first-order valence-electron chi connectivity index (χ1n) is 8.50. The number of anilines is 1. The van der Waals surface area contributed by atoms with E-state index in [9.17, 15) is 4.79 Å². The van der Waals surface area contributed by atoms with Crippen molar-refractivity contribution in [1.29, 1.82) is 0 Å². The fourth-order valence-corrected chi connectivity index (χ4v) is 3.36. The SMILES string of the molecule is COC(=O)CCCCCNc1ncnc2oc(Br)c(-c3ccccc3)c12. The van der Waals surface area contributed by atoms with Gasteiger partial charge in [-0.3, -0.25) is 4.79 Å². The molecule has 0 fully saturated rings. The number of carbonyl (C=O) groups is 1. The summed E-state index contributed by atoms with van der Waals surface area (Å²) in [7, 11) is 1.41. The van der Waals surface area contributed by atoms with Crippen LogP contribution in [0.5, 0.6) is 0 Å². The predicted molar refractivity (Wildman–Crippen MR) is 104 cm³/mol. The van der Waals surface area contributed by atoms with E-state index in [-0.39, 0.29) is 5.97 Å². The van der Waals surface area contributed by atoms with Crippen molar-refractivity contribution in [3.05, 3.63) is 41.3 Å². The summed E-state index contributed by atoms with van der Waals surface area (Å²) in [6.07, 6.45) is 4.65. The molecular weight excluding hydrogens is 398 g/mol. The second-order valence-corrected chi connectivity index (χ2v) is 6.55. The van der Waals surface area contributed by atoms with Gasteiger partial charge in [0.2, 0.25) is 5.71 Å². The van der Waals surface area contributed by atoms with Crippen LogP contribution in [0.3, 0.4) is 0 Å². The van der Waals surface area contributed by atoms with E-state index in [1.165, 1.54) is 13.4 Å². The number of methoxy groups -OCH3 is 1. The van der Waals surface area contributed by atoms with Crippen molar-refractivity contribution in [2.45, 2.75) is 25.7 Å². The van der Waals surface area contributed by atoms with Crippen LogP contribution >= 0.6 is 15.9 Å². The Bertz CT molecular complexity index is 880. The van der Waals surface area contributed by atoms with Gasteiger partial charge in [0.05, 0.1) is 12.5 Å². The highest BCUT2D eigenvalue weighted by Gasteiger charge is 2.19. The number of ether oxygens (including phenoxy) is 1. The summed E-state index contributed by atoms with van der Waals surface area (Å²) >= 11 is 3.50. The molecule has 0 spiro atoms. The summed E-state index contributed by atoms with van der Waals surface area (Å²) < 4.78 is 11.0. The van der Waals surface area contributed by atoms with Gasteiger partial charge in [-0.05, 0) is 34.3 Å². The summed E-state index contributed by atoms with van der Waals surface area (Å²) in [5.74, 6) is 0.586. The number of hydrogen-bond acceptors (Lipinski definition) is 6. The number of esters is 1. The average Bonchev–Trinajstić information content (AvgIpc) is 3.01. The van der Waals surface area contributed by atoms with Crippen molar-refractivity contribution in [1.82, 2.24) is 9.97 Å². The molecule has 136 valence electrons. The number of unbranched alkanes of at least 4 members (excludes halogenated alkanes) is 2. The summed E-state index contributed by atoms with van der Waals surface area (Å²) in [5, 5.41) is 4.23. The third-order valence-electron chi connectivity index (χ3n) is 4.09. The number of furan rings is 1. The monoisotopic (exact) mass is 417 g/mol. The lowest BCUT2D eigenvalue weighted by atomic mass is 10.1. The zero-order valence-electron chi connectivity index (χ0n) is 14.5. The highest BCUT2D eigenvalue weighted by Crippen LogP contribution is 2.40. The smallest absolute Gasteiger partial charge is 0.305 e. The highest BCUT2D eigenvalue weighted by atomic mass is 79.9. The first-order valence-corrected chi connectivity index (χ1v) is 9.29. The number of hydrogen-bond donors (Lipinski definition) is 1. The van der Waals surface area contributed by atoms with Crippen LogP contribution in [0.25, 0.3) is 22.2 Å². The largest absolute Gasteiger partial charge is 0.469 e. The number of nitrogens with zero attached hydrogens (tertiary/aromatic N) is 2. The van der Waals surface area contributed by atoms with Gasteiger partial charge in [-0.25, -0.2) is 9.97 Å². The minimum Gasteiger partial charge on any atom is -0.469 e. The van der Waals surface area contributed by atoms with E-state index in [0.717, 1.165) is 48.1 Å². The molecule has 0 aliphatic rings. The molecule has 3 aromatic rings. The Hall–Kier alpha value is -2.41. The van der Waals surface area contributed by atoms with Gasteiger partial charge < -0.3 is 14.5 Å². The average molecular weight is 418 g/mol. The summed E-state index contributed by atoms with van der Waals surface area (Å²) in [6.45, 7) is 0.754. The Balaban J connectivity index is 1.72. The molecule has 2 aromatic heterocycles. The van der Waals surface area contributed by atoms with Crippen LogP contribution < -0.4 is 5.32 Å². The van der Waals surface area contributed by atoms with Gasteiger partial charge in [-0.2, -0.15) is 0 Å². The topological polar surface area (TPSA) is 77.2 Å². The molecule has 0 atom stereocenters. The fourth-order valence-electron chi connectivity index (χ4n) is 2.78. The van der Waals surface area contributed by atoms with Crippen LogP contribution in [0.1, 0.15) is 25.7 Å². The van der Waals surface area contributed by atoms with Crippen LogP contribution in [0.2, 0.25) is 0 Å². The Morgan fingerprint density at radius 1 is 1.19 bits per heavy atom. The fraction of sp³-hybridized carbons (Fsp3) is 0.316. The van der Waals surface area contributed by atoms with Gasteiger partial charge in [-0.1, -0.05) is 36.8 Å². The standard InChI is InChI=1S/C19H20BrN3O3/c1-25-14(24)10-6-3-7-11-21-18-16-15(13-8-4-2-5-9-13)17(20)26-19(16)23-12-22-18/h2,4-5,8-9,12H,3,6-7,10-11H2,1H3,(H,21,22,23). The maximum Gasteiger partial charge on any atom is 0.305 e. The summed E-state index contributed by atoms with van der Waals surface area (Å²) in [4.78, 5) is 19.7. The number of benzene rings is 1. The van der Waals surface area contributed by atoms with Crippen LogP contribution in [0.4, 0.5) is 5.82 Å². The maximum absolute atomic E-state index is 11.1. The lowest BCUT2D eigenvalue weighted by molar-refractivity contribution is -0.140. The van der Waals surface area contributed by atoms with Gasteiger partial charge in [-0.15, -0.1) is 0 Å². The number of nitrogens with one attached hydrogen (secondary N) is 1. The number of aromatic nitrogens is 2. The minimum absolute atomic E-state index is 0.161. The predicted octanol–water partition coefficient (Wildman–Crippen LogP) is 4.80. The first kappa shape index (κ1) is 18.4. The van der Waals surface area contributed by atoms with Crippen molar-refractivity contribution < 1.29 is 13.9 Å². The van der Waals surface area contributed by atoms with Crippen LogP contribution in [0, 0.1) is 0 Å². The Kier molecular flexibility index (Phi) is 6.22. The Labute approximate surface area is 160 Å². The van der Waals surface area contributed by atoms with Gasteiger partial charge in [0.1, 0.15) is 12.1 Å². The first-order chi connectivity index (χ1) is 12.7. The molecule has 7 heteroatoms. The zero-order valence-corrected chi connectivity index (χ0v) is 16.1. The number of halogens is 1. The molecule has 0 aliphatic carbocycles. The number of rotatable bonds is 8. The molecule has 0 saturated heterocycles. The second-order valence-electron chi connectivity index (χ2n) is 5.83. The molecule has 1 aromatic carbocycles. The van der Waals surface area contributed by atoms with Crippen LogP contribution in [-0.4, -0.2) is 29.6 Å². The third kappa shape index (κ3) is 4.22. The molecule has 0 bridgehead atoms. The van der Waals surface area contributed by atoms with E-state index < -0.39 is 0 Å². The molecule has 6 nitrogen and oxygen atoms in total. The molecule has 3 rings (SSSR count). The van der Waals surface area contributed by atoms with Crippen molar-refractivity contribution in [3.8, 4) is 11.1 Å². The molecule has 2 heterocycles. The lowest BCUT2D eigenvalue weighted by Gasteiger charge is -2.07. The van der Waals surface area contributed by atoms with E-state index in [2.05, 4.69) is 36.0 Å². The third-order valence-corrected chi connectivity index (χ3v) is 4.64. The number of carbonyl (C=O) groups excluding carboxylic acids is 1. The normalized spacial score (nSPS) is 10.8. The molecule has 0 saturated carbocycles. The van der Waals surface area contributed by atoms with E-state index in [1.807, 2.05) is 30.3 Å². The maximum atomic E-state index is 11.1. The Morgan fingerprint density at radius 3 is 2.77 bits per heavy atom. The molecular formula is C19H20BrN3O3. The molecule has 0 radical (unpaired) electrons. The molecule has 0 unspecified atom stereocenters. The summed E-state index contributed by atoms with van der Waals surface area (Å²) in [6, 6.07) is 10.00. The van der Waals surface area contributed by atoms with E-state index in [1.54, 1.807) is 0 Å². The van der Waals surface area contributed by atoms with Gasteiger partial charge in [0, 0.05) is 18.5 Å². The zero-order chi connectivity index (χ0) is 18.4. The number of fused-ring (bicyclic) bond motifs is 1. The molecule has 1 N–H and O–H groups in total. The van der Waals surface area contributed by atoms with Gasteiger partial charge in [0.15, 0.2) is 4.67 Å². The van der Waals surface area contributed by atoms with Crippen LogP contribution in [-0.2, 0) is 9.53 Å². The van der Waals surface area contributed by atoms with Crippen molar-refractivity contribution in [2.75, 3.05) is 19.0 Å². The van der Waals surface area contributed by atoms with E-state index in [0.29, 0.717) is 16.8 Å². The van der Waals surface area contributed by atoms with E-state index >= 15 is 0 Å². The lowest BCUT2D eigenvalue weighted by Crippen LogP contribution is -2.05. The van der Waals surface area contributed by atoms with Crippen molar-refractivity contribution in [2.24, 2.45) is 0 Å². The summed E-state index contributed by atoms with van der Waals surface area (Å²) in [5.41, 5.74) is 2.52. The highest BCUT2D eigenvalue weighted by molar-refractivity contribution is 9.10. The quantitative estimate of drug-likeness (QED) is 0.418.